The summed E-state index contributed by atoms with van der Waals surface area (Å²) in [5.74, 6) is -0.148. The Kier molecular flexibility index (Phi) is 9.46. The van der Waals surface area contributed by atoms with Crippen LogP contribution in [0.2, 0.25) is 0 Å². The van der Waals surface area contributed by atoms with Crippen LogP contribution in [-0.2, 0) is 9.53 Å². The molecule has 0 saturated carbocycles. The van der Waals surface area contributed by atoms with Crippen LogP contribution in [0.3, 0.4) is 0 Å². The zero-order chi connectivity index (χ0) is 29.1. The molecule has 1 atom stereocenters. The highest BCUT2D eigenvalue weighted by Crippen LogP contribution is 2.45. The number of nitrogens with zero attached hydrogens (tertiary/aromatic N) is 3. The lowest BCUT2D eigenvalue weighted by Crippen LogP contribution is -2.39. The summed E-state index contributed by atoms with van der Waals surface area (Å²) in [6, 6.07) is 8.20. The lowest BCUT2D eigenvalue weighted by atomic mass is 9.82. The Morgan fingerprint density at radius 1 is 1.00 bits per heavy atom. The van der Waals surface area contributed by atoms with Crippen molar-refractivity contribution in [3.8, 4) is 16.9 Å². The van der Waals surface area contributed by atoms with Crippen molar-refractivity contribution in [1.82, 2.24) is 9.88 Å². The molecule has 2 fully saturated rings. The number of aromatic nitrogens is 1. The highest BCUT2D eigenvalue weighted by atomic mass is 16.5. The Hall–Kier alpha value is -2.64. The fourth-order valence-electron chi connectivity index (χ4n) is 5.95. The summed E-state index contributed by atoms with van der Waals surface area (Å²) in [5, 5.41) is 10.4. The lowest BCUT2D eigenvalue weighted by molar-refractivity contribution is -0.160. The number of carbonyl (C=O) groups is 1. The number of carboxylic acids is 1. The number of aliphatic carboxylic acids is 1. The maximum atomic E-state index is 12.7. The predicted octanol–water partition coefficient (Wildman–Crippen LogP) is 6.80. The predicted molar refractivity (Wildman–Crippen MR) is 161 cm³/mol. The average Bonchev–Trinajstić information content (AvgIpc) is 2.88. The number of piperidine rings is 2. The number of ether oxygens (including phenoxy) is 2. The first-order valence-corrected chi connectivity index (χ1v) is 15.0. The highest BCUT2D eigenvalue weighted by molar-refractivity contribution is 5.88. The van der Waals surface area contributed by atoms with E-state index in [1.807, 2.05) is 46.8 Å². The third-order valence-electron chi connectivity index (χ3n) is 8.24. The van der Waals surface area contributed by atoms with E-state index < -0.39 is 17.7 Å². The molecular formula is C33H49N3O4. The van der Waals surface area contributed by atoms with E-state index in [-0.39, 0.29) is 5.41 Å². The fourth-order valence-corrected chi connectivity index (χ4v) is 5.95. The molecule has 1 unspecified atom stereocenters. The Morgan fingerprint density at radius 3 is 2.20 bits per heavy atom. The Labute approximate surface area is 240 Å². The van der Waals surface area contributed by atoms with Crippen LogP contribution in [-0.4, -0.2) is 65.9 Å². The van der Waals surface area contributed by atoms with E-state index in [4.69, 9.17) is 14.5 Å². The zero-order valence-electron chi connectivity index (χ0n) is 25.7. The molecule has 1 aromatic carbocycles. The van der Waals surface area contributed by atoms with Gasteiger partial charge in [-0.1, -0.05) is 32.4 Å². The van der Waals surface area contributed by atoms with E-state index in [9.17, 15) is 9.90 Å². The molecule has 2 aliphatic rings. The second-order valence-electron chi connectivity index (χ2n) is 13.3. The van der Waals surface area contributed by atoms with Crippen molar-refractivity contribution in [2.24, 2.45) is 5.41 Å². The number of anilines is 1. The minimum Gasteiger partial charge on any atom is -0.492 e. The van der Waals surface area contributed by atoms with Crippen LogP contribution in [0.15, 0.2) is 24.3 Å². The smallest absolute Gasteiger partial charge is 0.337 e. The van der Waals surface area contributed by atoms with Crippen LogP contribution >= 0.6 is 0 Å². The van der Waals surface area contributed by atoms with Crippen LogP contribution in [0.1, 0.15) is 89.8 Å². The van der Waals surface area contributed by atoms with Crippen LogP contribution < -0.4 is 9.64 Å². The molecule has 4 rings (SSSR count). The number of pyridine rings is 1. The van der Waals surface area contributed by atoms with Gasteiger partial charge in [-0.05, 0) is 96.5 Å². The van der Waals surface area contributed by atoms with Gasteiger partial charge in [0, 0.05) is 42.1 Å². The number of hydrogen-bond acceptors (Lipinski definition) is 6. The van der Waals surface area contributed by atoms with Gasteiger partial charge in [-0.2, -0.15) is 0 Å². The Morgan fingerprint density at radius 2 is 1.62 bits per heavy atom. The molecule has 220 valence electrons. The van der Waals surface area contributed by atoms with Gasteiger partial charge in [-0.15, -0.1) is 0 Å². The molecule has 2 saturated heterocycles. The van der Waals surface area contributed by atoms with Crippen LogP contribution in [0.5, 0.6) is 5.75 Å². The zero-order valence-corrected chi connectivity index (χ0v) is 25.7. The summed E-state index contributed by atoms with van der Waals surface area (Å²) >= 11 is 0. The molecule has 7 nitrogen and oxygen atoms in total. The quantitative estimate of drug-likeness (QED) is 0.367. The summed E-state index contributed by atoms with van der Waals surface area (Å²) in [6.07, 6.45) is 4.85. The van der Waals surface area contributed by atoms with Crippen molar-refractivity contribution in [1.29, 1.82) is 0 Å². The van der Waals surface area contributed by atoms with Gasteiger partial charge < -0.3 is 19.5 Å². The van der Waals surface area contributed by atoms with Crippen molar-refractivity contribution >= 4 is 11.7 Å². The maximum absolute atomic E-state index is 12.7. The van der Waals surface area contributed by atoms with Crippen LogP contribution in [0, 0.1) is 19.3 Å². The molecule has 0 radical (unpaired) electrons. The summed E-state index contributed by atoms with van der Waals surface area (Å²) in [4.78, 5) is 22.4. The van der Waals surface area contributed by atoms with Gasteiger partial charge in [0.1, 0.15) is 12.4 Å². The van der Waals surface area contributed by atoms with Gasteiger partial charge >= 0.3 is 5.97 Å². The Bertz CT molecular complexity index is 1150. The van der Waals surface area contributed by atoms with Gasteiger partial charge in [0.05, 0.1) is 11.3 Å². The van der Waals surface area contributed by atoms with Crippen molar-refractivity contribution < 1.29 is 19.4 Å². The SMILES string of the molecule is Cc1nc(C)c(C(OC(C)(C)C)C(=O)O)c(N2CCC(C)(C)CC2)c1-c1ccc(OCCN2CCCCC2)cc1. The third kappa shape index (κ3) is 7.55. The van der Waals surface area contributed by atoms with Crippen molar-refractivity contribution in [2.45, 2.75) is 92.3 Å². The monoisotopic (exact) mass is 551 g/mol. The van der Waals surface area contributed by atoms with E-state index in [1.165, 1.54) is 19.3 Å². The number of hydrogen-bond donors (Lipinski definition) is 1. The van der Waals surface area contributed by atoms with Crippen LogP contribution in [0.25, 0.3) is 11.1 Å². The molecule has 7 heteroatoms. The summed E-state index contributed by atoms with van der Waals surface area (Å²) in [6.45, 7) is 19.9. The van der Waals surface area contributed by atoms with Gasteiger partial charge in [0.2, 0.25) is 0 Å². The number of carboxylic acid groups (broad SMARTS) is 1. The van der Waals surface area contributed by atoms with Gasteiger partial charge in [0.25, 0.3) is 0 Å². The second kappa shape index (κ2) is 12.5. The topological polar surface area (TPSA) is 75.1 Å². The van der Waals surface area contributed by atoms with Gasteiger partial charge in [0.15, 0.2) is 6.10 Å². The van der Waals surface area contributed by atoms with Crippen molar-refractivity contribution in [3.63, 3.8) is 0 Å². The number of likely N-dealkylation sites (tertiary alicyclic amines) is 1. The molecule has 0 spiro atoms. The molecule has 0 aliphatic carbocycles. The minimum atomic E-state index is -1.12. The minimum absolute atomic E-state index is 0.259. The molecule has 2 aromatic rings. The number of rotatable bonds is 9. The highest BCUT2D eigenvalue weighted by Gasteiger charge is 2.36. The molecule has 1 N–H and O–H groups in total. The van der Waals surface area contributed by atoms with Gasteiger partial charge in [-0.25, -0.2) is 4.79 Å². The largest absolute Gasteiger partial charge is 0.492 e. The van der Waals surface area contributed by atoms with Crippen molar-refractivity contribution in [2.75, 3.05) is 44.2 Å². The molecule has 2 aliphatic heterocycles. The summed E-state index contributed by atoms with van der Waals surface area (Å²) in [7, 11) is 0. The lowest BCUT2D eigenvalue weighted by Gasteiger charge is -2.41. The first-order valence-electron chi connectivity index (χ1n) is 15.0. The molecule has 0 amide bonds. The molecular weight excluding hydrogens is 502 g/mol. The van der Waals surface area contributed by atoms with Crippen molar-refractivity contribution in [3.05, 3.63) is 41.2 Å². The number of benzene rings is 1. The molecule has 1 aromatic heterocycles. The summed E-state index contributed by atoms with van der Waals surface area (Å²) in [5.41, 5.74) is 4.80. The molecule has 0 bridgehead atoms. The normalized spacial score (nSPS) is 18.9. The second-order valence-corrected chi connectivity index (χ2v) is 13.3. The maximum Gasteiger partial charge on any atom is 0.337 e. The third-order valence-corrected chi connectivity index (χ3v) is 8.24. The van der Waals surface area contributed by atoms with Gasteiger partial charge in [-0.3, -0.25) is 9.88 Å². The first-order chi connectivity index (χ1) is 18.8. The van der Waals surface area contributed by atoms with E-state index in [1.54, 1.807) is 0 Å². The van der Waals surface area contributed by atoms with E-state index >= 15 is 0 Å². The Balaban J connectivity index is 1.70. The molecule has 40 heavy (non-hydrogen) atoms. The van der Waals surface area contributed by atoms with E-state index in [0.717, 1.165) is 73.8 Å². The van der Waals surface area contributed by atoms with E-state index in [2.05, 4.69) is 35.8 Å². The summed E-state index contributed by atoms with van der Waals surface area (Å²) < 4.78 is 12.3. The molecule has 3 heterocycles. The average molecular weight is 552 g/mol. The number of aryl methyl sites for hydroxylation is 2. The standard InChI is InChI=1S/C33H49N3O4/c1-23-27(25-11-13-26(14-12-25)39-22-21-35-17-9-8-10-18-35)29(36-19-15-33(6,7)16-20-36)28(24(2)34-23)30(31(37)38)40-32(3,4)5/h11-14,30H,8-10,15-22H2,1-7H3,(H,37,38). The fraction of sp³-hybridized carbons (Fsp3) is 0.636. The van der Waals surface area contributed by atoms with E-state index in [0.29, 0.717) is 17.9 Å². The van der Waals surface area contributed by atoms with Crippen LogP contribution in [0.4, 0.5) is 5.69 Å². The first kappa shape index (κ1) is 30.3.